The molecule has 0 unspecified atom stereocenters. The summed E-state index contributed by atoms with van der Waals surface area (Å²) >= 11 is 0. The van der Waals surface area contributed by atoms with Crippen LogP contribution < -0.4 is 0 Å². The lowest BCUT2D eigenvalue weighted by molar-refractivity contribution is -0.204. The molecule has 0 spiro atoms. The molecule has 0 aliphatic carbocycles. The second-order valence-corrected chi connectivity index (χ2v) is 6.76. The Bertz CT molecular complexity index is 601. The number of aliphatic hydroxyl groups is 1. The molecule has 1 aromatic carbocycles. The summed E-state index contributed by atoms with van der Waals surface area (Å²) in [6.45, 7) is 0.479. The van der Waals surface area contributed by atoms with Gasteiger partial charge in [-0.15, -0.1) is 0 Å². The molecule has 0 aromatic heterocycles. The standard InChI is InChI=1S/C12H15F4NO3S/c1-8-3-4-9(10(13)5-8)7-21(19,20)17(2)6-11(18)12(14,15)16/h3-5,11,18H,6-7H2,1-2H3/t11-/m0/s1. The molecule has 1 N–H and O–H groups in total. The average molecular weight is 329 g/mol. The Kier molecular flexibility index (Phi) is 5.35. The normalized spacial score (nSPS) is 14.5. The first kappa shape index (κ1) is 17.9. The van der Waals surface area contributed by atoms with Gasteiger partial charge in [0.05, 0.1) is 5.75 Å². The highest BCUT2D eigenvalue weighted by Gasteiger charge is 2.40. The summed E-state index contributed by atoms with van der Waals surface area (Å²) in [6, 6.07) is 3.89. The number of aliphatic hydroxyl groups excluding tert-OH is 1. The fourth-order valence-corrected chi connectivity index (χ4v) is 2.75. The van der Waals surface area contributed by atoms with E-state index in [1.807, 2.05) is 0 Å². The van der Waals surface area contributed by atoms with E-state index in [9.17, 15) is 26.0 Å². The largest absolute Gasteiger partial charge is 0.415 e. The van der Waals surface area contributed by atoms with Gasteiger partial charge in [-0.1, -0.05) is 12.1 Å². The zero-order chi connectivity index (χ0) is 16.4. The van der Waals surface area contributed by atoms with Gasteiger partial charge in [-0.25, -0.2) is 17.1 Å². The molecule has 120 valence electrons. The van der Waals surface area contributed by atoms with Crippen LogP contribution >= 0.6 is 0 Å². The van der Waals surface area contributed by atoms with Crippen LogP contribution in [-0.4, -0.2) is 43.7 Å². The predicted molar refractivity (Wildman–Crippen MR) is 68.5 cm³/mol. The van der Waals surface area contributed by atoms with Gasteiger partial charge in [0.2, 0.25) is 10.0 Å². The lowest BCUT2D eigenvalue weighted by atomic mass is 10.2. The van der Waals surface area contributed by atoms with Gasteiger partial charge >= 0.3 is 6.18 Å². The summed E-state index contributed by atoms with van der Waals surface area (Å²) in [5.74, 6) is -1.52. The molecule has 4 nitrogen and oxygen atoms in total. The zero-order valence-corrected chi connectivity index (χ0v) is 12.2. The summed E-state index contributed by atoms with van der Waals surface area (Å²) in [5, 5.41) is 8.87. The SMILES string of the molecule is Cc1ccc(CS(=O)(=O)N(C)C[C@H](O)C(F)(F)F)c(F)c1. The number of hydrogen-bond acceptors (Lipinski definition) is 3. The highest BCUT2D eigenvalue weighted by Crippen LogP contribution is 2.22. The molecule has 0 aliphatic heterocycles. The lowest BCUT2D eigenvalue weighted by Crippen LogP contribution is -2.42. The third-order valence-corrected chi connectivity index (χ3v) is 4.60. The number of benzene rings is 1. The molecule has 0 aliphatic rings. The average Bonchev–Trinajstić information content (AvgIpc) is 2.31. The van der Waals surface area contributed by atoms with Crippen LogP contribution in [0.4, 0.5) is 17.6 Å². The highest BCUT2D eigenvalue weighted by molar-refractivity contribution is 7.88. The Morgan fingerprint density at radius 1 is 1.33 bits per heavy atom. The number of sulfonamides is 1. The van der Waals surface area contributed by atoms with Gasteiger partial charge in [0, 0.05) is 19.2 Å². The molecule has 0 heterocycles. The first-order chi connectivity index (χ1) is 9.43. The van der Waals surface area contributed by atoms with E-state index in [1.165, 1.54) is 12.1 Å². The molecule has 0 amide bonds. The topological polar surface area (TPSA) is 57.6 Å². The number of alkyl halides is 3. The zero-order valence-electron chi connectivity index (χ0n) is 11.4. The van der Waals surface area contributed by atoms with Crippen molar-refractivity contribution < 1.29 is 31.1 Å². The fourth-order valence-electron chi connectivity index (χ4n) is 1.54. The Morgan fingerprint density at radius 3 is 2.38 bits per heavy atom. The molecule has 0 saturated carbocycles. The van der Waals surface area contributed by atoms with Gasteiger partial charge in [-0.2, -0.15) is 13.2 Å². The summed E-state index contributed by atoms with van der Waals surface area (Å²) in [7, 11) is -3.27. The monoisotopic (exact) mass is 329 g/mol. The number of likely N-dealkylation sites (N-methyl/N-ethyl adjacent to an activating group) is 1. The molecule has 0 bridgehead atoms. The van der Waals surface area contributed by atoms with Crippen molar-refractivity contribution in [3.8, 4) is 0 Å². The lowest BCUT2D eigenvalue weighted by Gasteiger charge is -2.22. The van der Waals surface area contributed by atoms with Crippen molar-refractivity contribution in [3.05, 3.63) is 35.1 Å². The summed E-state index contributed by atoms with van der Waals surface area (Å²) in [4.78, 5) is 0. The van der Waals surface area contributed by atoms with Crippen molar-refractivity contribution >= 4 is 10.0 Å². The van der Waals surface area contributed by atoms with Gasteiger partial charge in [0.15, 0.2) is 6.10 Å². The van der Waals surface area contributed by atoms with E-state index >= 15 is 0 Å². The van der Waals surface area contributed by atoms with Crippen LogP contribution in [-0.2, 0) is 15.8 Å². The summed E-state index contributed by atoms with van der Waals surface area (Å²) < 4.78 is 74.3. The van der Waals surface area contributed by atoms with Crippen molar-refractivity contribution in [2.24, 2.45) is 0 Å². The molecular formula is C12H15F4NO3S. The second kappa shape index (κ2) is 6.29. The first-order valence-electron chi connectivity index (χ1n) is 5.87. The molecule has 21 heavy (non-hydrogen) atoms. The Balaban J connectivity index is 2.86. The van der Waals surface area contributed by atoms with E-state index in [1.54, 1.807) is 6.92 Å². The highest BCUT2D eigenvalue weighted by atomic mass is 32.2. The molecule has 1 rings (SSSR count). The van der Waals surface area contributed by atoms with Crippen molar-refractivity contribution in [3.63, 3.8) is 0 Å². The van der Waals surface area contributed by atoms with Crippen LogP contribution in [0.15, 0.2) is 18.2 Å². The van der Waals surface area contributed by atoms with Crippen LogP contribution in [0.2, 0.25) is 0 Å². The molecule has 0 saturated heterocycles. The molecule has 1 atom stereocenters. The molecular weight excluding hydrogens is 314 g/mol. The van der Waals surface area contributed by atoms with E-state index in [0.717, 1.165) is 13.1 Å². The molecule has 0 fully saturated rings. The molecule has 9 heteroatoms. The smallest absolute Gasteiger partial charge is 0.382 e. The van der Waals surface area contributed by atoms with Crippen molar-refractivity contribution in [2.45, 2.75) is 25.0 Å². The third kappa shape index (κ3) is 4.94. The van der Waals surface area contributed by atoms with Gasteiger partial charge in [-0.05, 0) is 18.6 Å². The van der Waals surface area contributed by atoms with E-state index in [-0.39, 0.29) is 5.56 Å². The minimum Gasteiger partial charge on any atom is -0.382 e. The predicted octanol–water partition coefficient (Wildman–Crippen LogP) is 1.82. The van der Waals surface area contributed by atoms with E-state index in [2.05, 4.69) is 0 Å². The maximum atomic E-state index is 13.6. The fraction of sp³-hybridized carbons (Fsp3) is 0.500. The maximum absolute atomic E-state index is 13.6. The minimum absolute atomic E-state index is 0.144. The minimum atomic E-state index is -4.92. The number of aryl methyl sites for hydroxylation is 1. The summed E-state index contributed by atoms with van der Waals surface area (Å²) in [5.41, 5.74) is 0.448. The second-order valence-electron chi connectivity index (χ2n) is 4.69. The van der Waals surface area contributed by atoms with Crippen molar-refractivity contribution in [2.75, 3.05) is 13.6 Å². The van der Waals surface area contributed by atoms with E-state index in [0.29, 0.717) is 9.87 Å². The van der Waals surface area contributed by atoms with Crippen molar-refractivity contribution in [1.29, 1.82) is 0 Å². The Labute approximate surface area is 120 Å². The Morgan fingerprint density at radius 2 is 1.90 bits per heavy atom. The van der Waals surface area contributed by atoms with Gasteiger partial charge in [0.25, 0.3) is 0 Å². The van der Waals surface area contributed by atoms with Gasteiger partial charge < -0.3 is 5.11 Å². The van der Waals surface area contributed by atoms with Crippen molar-refractivity contribution in [1.82, 2.24) is 4.31 Å². The van der Waals surface area contributed by atoms with Gasteiger partial charge in [0.1, 0.15) is 5.82 Å². The summed E-state index contributed by atoms with van der Waals surface area (Å²) in [6.07, 6.45) is -7.71. The van der Waals surface area contributed by atoms with Crippen LogP contribution in [0.25, 0.3) is 0 Å². The maximum Gasteiger partial charge on any atom is 0.415 e. The van der Waals surface area contributed by atoms with Crippen LogP contribution in [0.1, 0.15) is 11.1 Å². The van der Waals surface area contributed by atoms with Crippen LogP contribution in [0.5, 0.6) is 0 Å². The number of nitrogens with zero attached hydrogens (tertiary/aromatic N) is 1. The van der Waals surface area contributed by atoms with E-state index < -0.39 is 40.4 Å². The molecule has 1 aromatic rings. The van der Waals surface area contributed by atoms with Gasteiger partial charge in [-0.3, -0.25) is 0 Å². The number of halogens is 4. The first-order valence-corrected chi connectivity index (χ1v) is 7.48. The van der Waals surface area contributed by atoms with Crippen LogP contribution in [0.3, 0.4) is 0 Å². The number of rotatable bonds is 5. The Hall–Kier alpha value is -1.19. The third-order valence-electron chi connectivity index (χ3n) is 2.83. The van der Waals surface area contributed by atoms with E-state index in [4.69, 9.17) is 5.11 Å². The molecule has 0 radical (unpaired) electrons. The number of hydrogen-bond donors (Lipinski definition) is 1. The van der Waals surface area contributed by atoms with Crippen LogP contribution in [0, 0.1) is 12.7 Å². The quantitative estimate of drug-likeness (QED) is 0.839.